The van der Waals surface area contributed by atoms with Gasteiger partial charge in [-0.05, 0) is 12.1 Å². The molecule has 2 aromatic rings. The second-order valence-corrected chi connectivity index (χ2v) is 2.62. The summed E-state index contributed by atoms with van der Waals surface area (Å²) in [6.45, 7) is 1.37. The van der Waals surface area contributed by atoms with Crippen LogP contribution >= 0.6 is 0 Å². The summed E-state index contributed by atoms with van der Waals surface area (Å²) >= 11 is 0. The molecule has 2 aromatic heterocycles. The standard InChI is InChI=1S/C8H10N4O/c1-2-7(13-3-1)4-9-5-8-10-6-11-12-8/h1-3,6,9H,4-5H2,(H,10,11,12). The number of H-pyrrole nitrogens is 1. The van der Waals surface area contributed by atoms with E-state index in [0.717, 1.165) is 11.6 Å². The molecule has 0 fully saturated rings. The van der Waals surface area contributed by atoms with E-state index in [1.54, 1.807) is 6.26 Å². The highest BCUT2D eigenvalue weighted by Crippen LogP contribution is 1.98. The summed E-state index contributed by atoms with van der Waals surface area (Å²) in [5.41, 5.74) is 0. The van der Waals surface area contributed by atoms with E-state index < -0.39 is 0 Å². The molecule has 2 N–H and O–H groups in total. The summed E-state index contributed by atoms with van der Waals surface area (Å²) in [5.74, 6) is 1.74. The number of nitrogens with one attached hydrogen (secondary N) is 2. The second-order valence-electron chi connectivity index (χ2n) is 2.62. The fourth-order valence-electron chi connectivity index (χ4n) is 1.03. The van der Waals surface area contributed by atoms with E-state index >= 15 is 0 Å². The van der Waals surface area contributed by atoms with Crippen LogP contribution in [-0.4, -0.2) is 15.2 Å². The SMILES string of the molecule is c1coc(CNCc2ncn[nH]2)c1. The third kappa shape index (κ3) is 2.16. The minimum absolute atomic E-state index is 0.667. The van der Waals surface area contributed by atoms with E-state index in [1.807, 2.05) is 12.1 Å². The molecule has 0 saturated heterocycles. The van der Waals surface area contributed by atoms with E-state index in [2.05, 4.69) is 20.5 Å². The van der Waals surface area contributed by atoms with Gasteiger partial charge in [-0.1, -0.05) is 0 Å². The summed E-state index contributed by atoms with van der Waals surface area (Å²) in [5, 5.41) is 9.66. The third-order valence-corrected chi connectivity index (χ3v) is 1.64. The fraction of sp³-hybridized carbons (Fsp3) is 0.250. The van der Waals surface area contributed by atoms with Gasteiger partial charge >= 0.3 is 0 Å². The summed E-state index contributed by atoms with van der Waals surface area (Å²) < 4.78 is 5.14. The highest BCUT2D eigenvalue weighted by atomic mass is 16.3. The van der Waals surface area contributed by atoms with Crippen LogP contribution < -0.4 is 5.32 Å². The van der Waals surface area contributed by atoms with E-state index in [9.17, 15) is 0 Å². The lowest BCUT2D eigenvalue weighted by Gasteiger charge is -1.97. The first-order valence-corrected chi connectivity index (χ1v) is 4.02. The number of furan rings is 1. The van der Waals surface area contributed by atoms with Crippen LogP contribution in [-0.2, 0) is 13.1 Å². The smallest absolute Gasteiger partial charge is 0.138 e. The van der Waals surface area contributed by atoms with Gasteiger partial charge in [0, 0.05) is 0 Å². The molecule has 0 aromatic carbocycles. The van der Waals surface area contributed by atoms with Crippen LogP contribution in [0.1, 0.15) is 11.6 Å². The molecule has 0 aliphatic heterocycles. The molecule has 13 heavy (non-hydrogen) atoms. The van der Waals surface area contributed by atoms with Crippen molar-refractivity contribution in [1.29, 1.82) is 0 Å². The monoisotopic (exact) mass is 178 g/mol. The Bertz CT molecular complexity index is 293. The number of aromatic nitrogens is 3. The van der Waals surface area contributed by atoms with Gasteiger partial charge in [0.2, 0.25) is 0 Å². The lowest BCUT2D eigenvalue weighted by Crippen LogP contribution is -2.13. The zero-order valence-electron chi connectivity index (χ0n) is 7.03. The minimum Gasteiger partial charge on any atom is -0.468 e. The molecule has 5 heteroatoms. The third-order valence-electron chi connectivity index (χ3n) is 1.64. The number of hydrogen-bond acceptors (Lipinski definition) is 4. The molecular weight excluding hydrogens is 168 g/mol. The Morgan fingerprint density at radius 2 is 2.46 bits per heavy atom. The maximum atomic E-state index is 5.14. The lowest BCUT2D eigenvalue weighted by atomic mass is 10.4. The van der Waals surface area contributed by atoms with Gasteiger partial charge in [-0.15, -0.1) is 0 Å². The van der Waals surface area contributed by atoms with Crippen LogP contribution in [0, 0.1) is 0 Å². The Balaban J connectivity index is 1.76. The van der Waals surface area contributed by atoms with Crippen molar-refractivity contribution in [2.24, 2.45) is 0 Å². The first kappa shape index (κ1) is 8.00. The quantitative estimate of drug-likeness (QED) is 0.722. The van der Waals surface area contributed by atoms with E-state index in [4.69, 9.17) is 4.42 Å². The van der Waals surface area contributed by atoms with Crippen molar-refractivity contribution < 1.29 is 4.42 Å². The summed E-state index contributed by atoms with van der Waals surface area (Å²) in [7, 11) is 0. The summed E-state index contributed by atoms with van der Waals surface area (Å²) in [4.78, 5) is 3.98. The van der Waals surface area contributed by atoms with Gasteiger partial charge in [0.15, 0.2) is 0 Å². The van der Waals surface area contributed by atoms with Crippen molar-refractivity contribution >= 4 is 0 Å². The zero-order valence-corrected chi connectivity index (χ0v) is 7.03. The minimum atomic E-state index is 0.667. The van der Waals surface area contributed by atoms with Gasteiger partial charge in [-0.25, -0.2) is 4.98 Å². The Kier molecular flexibility index (Phi) is 2.38. The lowest BCUT2D eigenvalue weighted by molar-refractivity contribution is 0.480. The number of rotatable bonds is 4. The molecule has 0 aliphatic carbocycles. The molecule has 0 unspecified atom stereocenters. The predicted molar refractivity (Wildman–Crippen MR) is 45.6 cm³/mol. The Morgan fingerprint density at radius 1 is 1.46 bits per heavy atom. The maximum absolute atomic E-state index is 5.14. The van der Waals surface area contributed by atoms with Crippen LogP contribution in [0.15, 0.2) is 29.1 Å². The van der Waals surface area contributed by atoms with Gasteiger partial charge < -0.3 is 9.73 Å². The largest absolute Gasteiger partial charge is 0.468 e. The predicted octanol–water partition coefficient (Wildman–Crippen LogP) is 0.687. The van der Waals surface area contributed by atoms with Crippen LogP contribution in [0.5, 0.6) is 0 Å². The Morgan fingerprint density at radius 3 is 3.15 bits per heavy atom. The van der Waals surface area contributed by atoms with Crippen molar-refractivity contribution in [3.8, 4) is 0 Å². The molecule has 0 bridgehead atoms. The van der Waals surface area contributed by atoms with Gasteiger partial charge in [-0.2, -0.15) is 5.10 Å². The summed E-state index contributed by atoms with van der Waals surface area (Å²) in [6.07, 6.45) is 3.15. The molecule has 68 valence electrons. The number of aromatic amines is 1. The molecule has 0 saturated carbocycles. The van der Waals surface area contributed by atoms with E-state index in [-0.39, 0.29) is 0 Å². The average molecular weight is 178 g/mol. The molecule has 0 atom stereocenters. The Labute approximate surface area is 75.2 Å². The van der Waals surface area contributed by atoms with E-state index in [1.165, 1.54) is 6.33 Å². The normalized spacial score (nSPS) is 10.5. The van der Waals surface area contributed by atoms with Crippen LogP contribution in [0.4, 0.5) is 0 Å². The van der Waals surface area contributed by atoms with Crippen molar-refractivity contribution in [3.05, 3.63) is 36.3 Å². The van der Waals surface area contributed by atoms with E-state index in [0.29, 0.717) is 13.1 Å². The van der Waals surface area contributed by atoms with Crippen molar-refractivity contribution in [2.45, 2.75) is 13.1 Å². The van der Waals surface area contributed by atoms with Gasteiger partial charge in [0.1, 0.15) is 17.9 Å². The van der Waals surface area contributed by atoms with Gasteiger partial charge in [0.25, 0.3) is 0 Å². The molecular formula is C8H10N4O. The Hall–Kier alpha value is -1.62. The molecule has 0 radical (unpaired) electrons. The van der Waals surface area contributed by atoms with Gasteiger partial charge in [0.05, 0.1) is 19.4 Å². The summed E-state index contributed by atoms with van der Waals surface area (Å²) in [6, 6.07) is 3.79. The van der Waals surface area contributed by atoms with Crippen LogP contribution in [0.25, 0.3) is 0 Å². The van der Waals surface area contributed by atoms with Gasteiger partial charge in [-0.3, -0.25) is 5.10 Å². The molecule has 0 spiro atoms. The van der Waals surface area contributed by atoms with Crippen LogP contribution in [0.2, 0.25) is 0 Å². The maximum Gasteiger partial charge on any atom is 0.138 e. The number of nitrogens with zero attached hydrogens (tertiary/aromatic N) is 2. The average Bonchev–Trinajstić information content (AvgIpc) is 2.75. The first-order valence-electron chi connectivity index (χ1n) is 4.02. The van der Waals surface area contributed by atoms with Crippen molar-refractivity contribution in [3.63, 3.8) is 0 Å². The highest BCUT2D eigenvalue weighted by Gasteiger charge is 1.96. The van der Waals surface area contributed by atoms with Crippen molar-refractivity contribution in [1.82, 2.24) is 20.5 Å². The zero-order chi connectivity index (χ0) is 8.93. The first-order chi connectivity index (χ1) is 6.45. The highest BCUT2D eigenvalue weighted by molar-refractivity contribution is 4.97. The molecule has 2 heterocycles. The molecule has 2 rings (SSSR count). The molecule has 0 amide bonds. The molecule has 5 nitrogen and oxygen atoms in total. The topological polar surface area (TPSA) is 66.7 Å². The van der Waals surface area contributed by atoms with Crippen molar-refractivity contribution in [2.75, 3.05) is 0 Å². The van der Waals surface area contributed by atoms with Crippen LogP contribution in [0.3, 0.4) is 0 Å². The number of hydrogen-bond donors (Lipinski definition) is 2. The second kappa shape index (κ2) is 3.86. The fourth-order valence-corrected chi connectivity index (χ4v) is 1.03. The molecule has 0 aliphatic rings.